The Balaban J connectivity index is 1.58. The first-order valence-electron chi connectivity index (χ1n) is 8.97. The molecule has 0 bridgehead atoms. The Morgan fingerprint density at radius 2 is 1.93 bits per heavy atom. The van der Waals surface area contributed by atoms with Crippen molar-refractivity contribution in [3.63, 3.8) is 0 Å². The van der Waals surface area contributed by atoms with Crippen LogP contribution in [0.1, 0.15) is 12.8 Å². The van der Waals surface area contributed by atoms with Crippen molar-refractivity contribution in [2.24, 2.45) is 0 Å². The van der Waals surface area contributed by atoms with Crippen molar-refractivity contribution >= 4 is 33.0 Å². The molecule has 1 amide bonds. The SMILES string of the molecule is C[C@@H](Oc1ccc(N(C)S(C)(=O)=O)cc1)C(=O)N(C)Cc1nc(-c2cccs2)no1. The second-order valence-electron chi connectivity index (χ2n) is 6.67. The molecule has 11 heteroatoms. The smallest absolute Gasteiger partial charge is 0.263 e. The maximum absolute atomic E-state index is 12.6. The van der Waals surface area contributed by atoms with E-state index in [2.05, 4.69) is 10.1 Å². The third-order valence-corrected chi connectivity index (χ3v) is 6.39. The van der Waals surface area contributed by atoms with Crippen LogP contribution in [-0.2, 0) is 21.4 Å². The lowest BCUT2D eigenvalue weighted by Crippen LogP contribution is -2.37. The maximum Gasteiger partial charge on any atom is 0.263 e. The van der Waals surface area contributed by atoms with Gasteiger partial charge in [0.15, 0.2) is 6.10 Å². The summed E-state index contributed by atoms with van der Waals surface area (Å²) in [5.74, 6) is 1.01. The summed E-state index contributed by atoms with van der Waals surface area (Å²) in [7, 11) is -0.254. The van der Waals surface area contributed by atoms with Crippen molar-refractivity contribution in [2.45, 2.75) is 19.6 Å². The monoisotopic (exact) mass is 450 g/mol. The van der Waals surface area contributed by atoms with Crippen LogP contribution in [0.15, 0.2) is 46.3 Å². The number of carbonyl (C=O) groups is 1. The third kappa shape index (κ3) is 5.16. The van der Waals surface area contributed by atoms with Crippen LogP contribution in [0.25, 0.3) is 10.7 Å². The van der Waals surface area contributed by atoms with E-state index in [9.17, 15) is 13.2 Å². The summed E-state index contributed by atoms with van der Waals surface area (Å²) in [5, 5.41) is 5.85. The van der Waals surface area contributed by atoms with Gasteiger partial charge in [0.25, 0.3) is 5.91 Å². The minimum Gasteiger partial charge on any atom is -0.481 e. The Hall–Kier alpha value is -2.92. The Kier molecular flexibility index (Phi) is 6.42. The number of carbonyl (C=O) groups excluding carboxylic acids is 1. The summed E-state index contributed by atoms with van der Waals surface area (Å²) in [6.07, 6.45) is 0.369. The lowest BCUT2D eigenvalue weighted by atomic mass is 10.3. The van der Waals surface area contributed by atoms with Gasteiger partial charge < -0.3 is 14.2 Å². The van der Waals surface area contributed by atoms with Gasteiger partial charge in [-0.1, -0.05) is 11.2 Å². The molecule has 0 N–H and O–H groups in total. The zero-order chi connectivity index (χ0) is 21.9. The molecule has 3 aromatic rings. The van der Waals surface area contributed by atoms with Gasteiger partial charge in [-0.2, -0.15) is 4.98 Å². The summed E-state index contributed by atoms with van der Waals surface area (Å²) in [6.45, 7) is 1.79. The fraction of sp³-hybridized carbons (Fsp3) is 0.316. The van der Waals surface area contributed by atoms with E-state index in [0.717, 1.165) is 15.4 Å². The molecule has 0 radical (unpaired) electrons. The molecule has 1 aromatic carbocycles. The first-order chi connectivity index (χ1) is 14.1. The lowest BCUT2D eigenvalue weighted by Gasteiger charge is -2.21. The van der Waals surface area contributed by atoms with Gasteiger partial charge in [0.05, 0.1) is 23.4 Å². The van der Waals surface area contributed by atoms with E-state index in [1.54, 1.807) is 38.2 Å². The average molecular weight is 451 g/mol. The van der Waals surface area contributed by atoms with Gasteiger partial charge in [-0.3, -0.25) is 9.10 Å². The van der Waals surface area contributed by atoms with Crippen molar-refractivity contribution in [3.05, 3.63) is 47.7 Å². The average Bonchev–Trinajstić information content (AvgIpc) is 3.38. The molecule has 2 aromatic heterocycles. The molecular weight excluding hydrogens is 428 g/mol. The van der Waals surface area contributed by atoms with Gasteiger partial charge in [-0.05, 0) is 42.6 Å². The van der Waals surface area contributed by atoms with Crippen LogP contribution < -0.4 is 9.04 Å². The maximum atomic E-state index is 12.6. The van der Waals surface area contributed by atoms with Crippen LogP contribution in [0.4, 0.5) is 5.69 Å². The van der Waals surface area contributed by atoms with E-state index in [1.807, 2.05) is 17.5 Å². The number of thiophene rings is 1. The van der Waals surface area contributed by atoms with Gasteiger partial charge in [0.2, 0.25) is 21.7 Å². The van der Waals surface area contributed by atoms with Gasteiger partial charge >= 0.3 is 0 Å². The zero-order valence-corrected chi connectivity index (χ0v) is 18.6. The fourth-order valence-electron chi connectivity index (χ4n) is 2.60. The largest absolute Gasteiger partial charge is 0.481 e. The summed E-state index contributed by atoms with van der Waals surface area (Å²) < 4.78 is 35.3. The standard InChI is InChI=1S/C19H22N4O5S2/c1-13(27-15-9-7-14(8-10-15)23(3)30(4,25)26)19(24)22(2)12-17-20-18(21-28-17)16-6-5-11-29-16/h5-11,13H,12H2,1-4H3/t13-/m1/s1. The zero-order valence-electron chi connectivity index (χ0n) is 17.0. The number of anilines is 1. The van der Waals surface area contributed by atoms with Crippen molar-refractivity contribution < 1.29 is 22.5 Å². The lowest BCUT2D eigenvalue weighted by molar-refractivity contribution is -0.137. The molecule has 0 fully saturated rings. The molecule has 0 spiro atoms. The topological polar surface area (TPSA) is 106 Å². The van der Waals surface area contributed by atoms with Crippen molar-refractivity contribution in [3.8, 4) is 16.5 Å². The Labute approximate surface area is 178 Å². The van der Waals surface area contributed by atoms with E-state index in [0.29, 0.717) is 23.2 Å². The van der Waals surface area contributed by atoms with Gasteiger partial charge in [0, 0.05) is 14.1 Å². The number of nitrogens with zero attached hydrogens (tertiary/aromatic N) is 4. The molecule has 0 aliphatic carbocycles. The van der Waals surface area contributed by atoms with E-state index in [-0.39, 0.29) is 12.5 Å². The van der Waals surface area contributed by atoms with Crippen LogP contribution in [0.2, 0.25) is 0 Å². The highest BCUT2D eigenvalue weighted by molar-refractivity contribution is 7.92. The molecule has 1 atom stereocenters. The number of ether oxygens (including phenoxy) is 1. The fourth-order valence-corrected chi connectivity index (χ4v) is 3.75. The third-order valence-electron chi connectivity index (χ3n) is 4.32. The normalized spacial score (nSPS) is 12.4. The second kappa shape index (κ2) is 8.84. The molecule has 3 rings (SSSR count). The predicted molar refractivity (Wildman–Crippen MR) is 114 cm³/mol. The molecule has 0 saturated heterocycles. The van der Waals surface area contributed by atoms with Gasteiger partial charge in [-0.15, -0.1) is 11.3 Å². The Morgan fingerprint density at radius 1 is 1.23 bits per heavy atom. The summed E-state index contributed by atoms with van der Waals surface area (Å²) in [4.78, 5) is 19.3. The second-order valence-corrected chi connectivity index (χ2v) is 9.63. The number of rotatable bonds is 8. The van der Waals surface area contributed by atoms with Crippen LogP contribution >= 0.6 is 11.3 Å². The van der Waals surface area contributed by atoms with Crippen LogP contribution in [0.3, 0.4) is 0 Å². The quantitative estimate of drug-likeness (QED) is 0.519. The first kappa shape index (κ1) is 21.8. The molecule has 30 heavy (non-hydrogen) atoms. The van der Waals surface area contributed by atoms with Crippen molar-refractivity contribution in [1.29, 1.82) is 0 Å². The van der Waals surface area contributed by atoms with Crippen molar-refractivity contribution in [1.82, 2.24) is 15.0 Å². The molecule has 0 saturated carbocycles. The van der Waals surface area contributed by atoms with E-state index in [4.69, 9.17) is 9.26 Å². The highest BCUT2D eigenvalue weighted by Crippen LogP contribution is 2.23. The molecule has 0 aliphatic rings. The number of sulfonamides is 1. The first-order valence-corrected chi connectivity index (χ1v) is 11.7. The van der Waals surface area contributed by atoms with Crippen LogP contribution in [0, 0.1) is 0 Å². The van der Waals surface area contributed by atoms with E-state index < -0.39 is 16.1 Å². The molecule has 0 unspecified atom stereocenters. The number of hydrogen-bond acceptors (Lipinski definition) is 8. The van der Waals surface area contributed by atoms with E-state index >= 15 is 0 Å². The predicted octanol–water partition coefficient (Wildman–Crippen LogP) is 2.62. The molecule has 0 aliphatic heterocycles. The minimum atomic E-state index is -3.35. The minimum absolute atomic E-state index is 0.156. The van der Waals surface area contributed by atoms with Gasteiger partial charge in [0.1, 0.15) is 5.75 Å². The summed E-state index contributed by atoms with van der Waals surface area (Å²) >= 11 is 1.50. The summed E-state index contributed by atoms with van der Waals surface area (Å²) in [6, 6.07) is 10.3. The molecule has 2 heterocycles. The summed E-state index contributed by atoms with van der Waals surface area (Å²) in [5.41, 5.74) is 0.499. The number of hydrogen-bond donors (Lipinski definition) is 0. The number of likely N-dealkylation sites (N-methyl/N-ethyl adjacent to an activating group) is 1. The highest BCUT2D eigenvalue weighted by Gasteiger charge is 2.22. The Bertz CT molecular complexity index is 1090. The number of aromatic nitrogens is 2. The van der Waals surface area contributed by atoms with Gasteiger partial charge in [-0.25, -0.2) is 8.42 Å². The van der Waals surface area contributed by atoms with Crippen LogP contribution in [0.5, 0.6) is 5.75 Å². The highest BCUT2D eigenvalue weighted by atomic mass is 32.2. The number of benzene rings is 1. The molecule has 9 nitrogen and oxygen atoms in total. The van der Waals surface area contributed by atoms with Crippen LogP contribution in [-0.4, -0.2) is 55.8 Å². The van der Waals surface area contributed by atoms with Crippen molar-refractivity contribution in [2.75, 3.05) is 24.7 Å². The Morgan fingerprint density at radius 3 is 2.53 bits per heavy atom. The number of amides is 1. The molecular formula is C19H22N4O5S2. The van der Waals surface area contributed by atoms with E-state index in [1.165, 1.54) is 23.3 Å². The molecule has 160 valence electrons.